The SMILES string of the molecule is CCOCCN(C)Cc1ccc(N)c(F)c1. The Morgan fingerprint density at radius 2 is 2.19 bits per heavy atom. The third-order valence-corrected chi connectivity index (χ3v) is 2.34. The smallest absolute Gasteiger partial charge is 0.146 e. The predicted molar refractivity (Wildman–Crippen MR) is 63.6 cm³/mol. The van der Waals surface area contributed by atoms with E-state index in [0.717, 1.165) is 18.7 Å². The average molecular weight is 226 g/mol. The van der Waals surface area contributed by atoms with Gasteiger partial charge in [-0.1, -0.05) is 6.07 Å². The summed E-state index contributed by atoms with van der Waals surface area (Å²) in [6, 6.07) is 4.92. The van der Waals surface area contributed by atoms with E-state index < -0.39 is 0 Å². The number of nitrogen functional groups attached to an aromatic ring is 1. The predicted octanol–water partition coefficient (Wildman–Crippen LogP) is 1.88. The molecule has 0 radical (unpaired) electrons. The van der Waals surface area contributed by atoms with Gasteiger partial charge in [-0.3, -0.25) is 4.90 Å². The zero-order chi connectivity index (χ0) is 12.0. The van der Waals surface area contributed by atoms with Gasteiger partial charge in [0.25, 0.3) is 0 Å². The lowest BCUT2D eigenvalue weighted by Crippen LogP contribution is -2.22. The van der Waals surface area contributed by atoms with Crippen LogP contribution in [0.1, 0.15) is 12.5 Å². The summed E-state index contributed by atoms with van der Waals surface area (Å²) in [5, 5.41) is 0. The molecule has 0 amide bonds. The molecule has 0 bridgehead atoms. The lowest BCUT2D eigenvalue weighted by molar-refractivity contribution is 0.120. The maximum Gasteiger partial charge on any atom is 0.146 e. The number of likely N-dealkylation sites (N-methyl/N-ethyl adjacent to an activating group) is 1. The Kier molecular flexibility index (Phi) is 5.22. The summed E-state index contributed by atoms with van der Waals surface area (Å²) in [6.45, 7) is 4.92. The normalized spacial score (nSPS) is 11.0. The first kappa shape index (κ1) is 12.9. The van der Waals surface area contributed by atoms with Crippen LogP contribution in [0.2, 0.25) is 0 Å². The van der Waals surface area contributed by atoms with Crippen LogP contribution >= 0.6 is 0 Å². The van der Waals surface area contributed by atoms with Crippen molar-refractivity contribution in [1.82, 2.24) is 4.90 Å². The molecule has 0 spiro atoms. The van der Waals surface area contributed by atoms with Gasteiger partial charge in [0, 0.05) is 19.7 Å². The van der Waals surface area contributed by atoms with Gasteiger partial charge in [0.05, 0.1) is 12.3 Å². The number of nitrogens with zero attached hydrogens (tertiary/aromatic N) is 1. The highest BCUT2D eigenvalue weighted by Crippen LogP contribution is 2.13. The summed E-state index contributed by atoms with van der Waals surface area (Å²) >= 11 is 0. The molecule has 1 rings (SSSR count). The first-order valence-corrected chi connectivity index (χ1v) is 5.43. The maximum atomic E-state index is 13.2. The largest absolute Gasteiger partial charge is 0.396 e. The van der Waals surface area contributed by atoms with Crippen molar-refractivity contribution in [3.05, 3.63) is 29.6 Å². The number of rotatable bonds is 6. The topological polar surface area (TPSA) is 38.5 Å². The molecule has 4 heteroatoms. The van der Waals surface area contributed by atoms with Crippen LogP contribution in [0.25, 0.3) is 0 Å². The molecule has 3 nitrogen and oxygen atoms in total. The number of benzene rings is 1. The van der Waals surface area contributed by atoms with Crippen molar-refractivity contribution in [2.24, 2.45) is 0 Å². The first-order chi connectivity index (χ1) is 7.63. The molecule has 0 aliphatic carbocycles. The van der Waals surface area contributed by atoms with Gasteiger partial charge in [0.2, 0.25) is 0 Å². The van der Waals surface area contributed by atoms with Crippen LogP contribution in [-0.4, -0.2) is 31.7 Å². The second-order valence-corrected chi connectivity index (χ2v) is 3.79. The Morgan fingerprint density at radius 3 is 2.81 bits per heavy atom. The molecule has 0 aliphatic heterocycles. The molecule has 2 N–H and O–H groups in total. The van der Waals surface area contributed by atoms with Crippen LogP contribution in [0.3, 0.4) is 0 Å². The molecule has 0 saturated carbocycles. The van der Waals surface area contributed by atoms with Gasteiger partial charge in [0.15, 0.2) is 0 Å². The van der Waals surface area contributed by atoms with Gasteiger partial charge in [-0.2, -0.15) is 0 Å². The van der Waals surface area contributed by atoms with E-state index in [-0.39, 0.29) is 11.5 Å². The monoisotopic (exact) mass is 226 g/mol. The third-order valence-electron chi connectivity index (χ3n) is 2.34. The van der Waals surface area contributed by atoms with Gasteiger partial charge in [0.1, 0.15) is 5.82 Å². The minimum atomic E-state index is -0.351. The van der Waals surface area contributed by atoms with E-state index in [1.54, 1.807) is 6.07 Å². The average Bonchev–Trinajstić information content (AvgIpc) is 2.24. The van der Waals surface area contributed by atoms with Crippen LogP contribution in [-0.2, 0) is 11.3 Å². The van der Waals surface area contributed by atoms with Crippen molar-refractivity contribution in [1.29, 1.82) is 0 Å². The highest BCUT2D eigenvalue weighted by atomic mass is 19.1. The summed E-state index contributed by atoms with van der Waals surface area (Å²) in [5.41, 5.74) is 6.53. The lowest BCUT2D eigenvalue weighted by Gasteiger charge is -2.16. The fourth-order valence-electron chi connectivity index (χ4n) is 1.42. The molecule has 0 atom stereocenters. The molecule has 1 aromatic carbocycles. The second kappa shape index (κ2) is 6.45. The minimum absolute atomic E-state index is 0.195. The van der Waals surface area contributed by atoms with Crippen molar-refractivity contribution in [2.45, 2.75) is 13.5 Å². The van der Waals surface area contributed by atoms with Gasteiger partial charge >= 0.3 is 0 Å². The molecular weight excluding hydrogens is 207 g/mol. The lowest BCUT2D eigenvalue weighted by atomic mass is 10.2. The molecule has 0 aliphatic rings. The zero-order valence-corrected chi connectivity index (χ0v) is 9.87. The van der Waals surface area contributed by atoms with Crippen LogP contribution in [0.15, 0.2) is 18.2 Å². The van der Waals surface area contributed by atoms with E-state index in [1.165, 1.54) is 6.07 Å². The number of hydrogen-bond acceptors (Lipinski definition) is 3. The highest BCUT2D eigenvalue weighted by molar-refractivity contribution is 5.41. The zero-order valence-electron chi connectivity index (χ0n) is 9.87. The fourth-order valence-corrected chi connectivity index (χ4v) is 1.42. The van der Waals surface area contributed by atoms with Crippen LogP contribution in [0, 0.1) is 5.82 Å². The second-order valence-electron chi connectivity index (χ2n) is 3.79. The maximum absolute atomic E-state index is 13.2. The molecule has 1 aromatic rings. The first-order valence-electron chi connectivity index (χ1n) is 5.43. The number of ether oxygens (including phenoxy) is 1. The van der Waals surface area contributed by atoms with Crippen molar-refractivity contribution in [3.8, 4) is 0 Å². The molecule has 0 saturated heterocycles. The summed E-state index contributed by atoms with van der Waals surface area (Å²) in [4.78, 5) is 2.08. The van der Waals surface area contributed by atoms with Crippen LogP contribution < -0.4 is 5.73 Å². The number of anilines is 1. The van der Waals surface area contributed by atoms with Crippen molar-refractivity contribution >= 4 is 5.69 Å². The number of nitrogens with two attached hydrogens (primary N) is 1. The standard InChI is InChI=1S/C12H19FN2O/c1-3-16-7-6-15(2)9-10-4-5-12(14)11(13)8-10/h4-5,8H,3,6-7,9,14H2,1-2H3. The summed E-state index contributed by atoms with van der Waals surface area (Å²) in [5.74, 6) is -0.351. The Morgan fingerprint density at radius 1 is 1.44 bits per heavy atom. The Labute approximate surface area is 96.0 Å². The van der Waals surface area contributed by atoms with E-state index in [2.05, 4.69) is 4.90 Å². The molecule has 0 heterocycles. The molecular formula is C12H19FN2O. The van der Waals surface area contributed by atoms with E-state index in [0.29, 0.717) is 13.2 Å². The van der Waals surface area contributed by atoms with Crippen molar-refractivity contribution in [3.63, 3.8) is 0 Å². The number of hydrogen-bond donors (Lipinski definition) is 1. The van der Waals surface area contributed by atoms with Crippen molar-refractivity contribution in [2.75, 3.05) is 32.5 Å². The Bertz CT molecular complexity index is 331. The van der Waals surface area contributed by atoms with Crippen LogP contribution in [0.5, 0.6) is 0 Å². The Balaban J connectivity index is 2.43. The molecule has 90 valence electrons. The van der Waals surface area contributed by atoms with E-state index in [1.807, 2.05) is 20.0 Å². The van der Waals surface area contributed by atoms with Gasteiger partial charge in [-0.15, -0.1) is 0 Å². The van der Waals surface area contributed by atoms with Gasteiger partial charge < -0.3 is 10.5 Å². The highest BCUT2D eigenvalue weighted by Gasteiger charge is 2.03. The third kappa shape index (κ3) is 4.16. The molecule has 0 aromatic heterocycles. The number of halogens is 1. The van der Waals surface area contributed by atoms with Gasteiger partial charge in [-0.25, -0.2) is 4.39 Å². The van der Waals surface area contributed by atoms with Crippen molar-refractivity contribution < 1.29 is 9.13 Å². The summed E-state index contributed by atoms with van der Waals surface area (Å²) < 4.78 is 18.4. The quantitative estimate of drug-likeness (QED) is 0.594. The van der Waals surface area contributed by atoms with Gasteiger partial charge in [-0.05, 0) is 31.7 Å². The summed E-state index contributed by atoms with van der Waals surface area (Å²) in [7, 11) is 1.98. The van der Waals surface area contributed by atoms with E-state index in [4.69, 9.17) is 10.5 Å². The van der Waals surface area contributed by atoms with E-state index >= 15 is 0 Å². The Hall–Kier alpha value is -1.13. The van der Waals surface area contributed by atoms with E-state index in [9.17, 15) is 4.39 Å². The molecule has 0 unspecified atom stereocenters. The molecule has 0 fully saturated rings. The summed E-state index contributed by atoms with van der Waals surface area (Å²) in [6.07, 6.45) is 0. The van der Waals surface area contributed by atoms with Crippen LogP contribution in [0.4, 0.5) is 10.1 Å². The minimum Gasteiger partial charge on any atom is -0.396 e. The molecule has 16 heavy (non-hydrogen) atoms. The fraction of sp³-hybridized carbons (Fsp3) is 0.500.